The molecule has 1 saturated heterocycles. The maximum atomic E-state index is 12.2. The number of ketones is 1. The second-order valence-electron chi connectivity index (χ2n) is 5.22. The minimum Gasteiger partial charge on any atom is -0.435 e. The van der Waals surface area contributed by atoms with E-state index in [9.17, 15) is 19.2 Å². The van der Waals surface area contributed by atoms with Crippen LogP contribution in [-0.4, -0.2) is 35.6 Å². The molecule has 1 heterocycles. The van der Waals surface area contributed by atoms with E-state index in [2.05, 4.69) is 0 Å². The van der Waals surface area contributed by atoms with Crippen molar-refractivity contribution in [1.82, 2.24) is 0 Å². The Morgan fingerprint density at radius 3 is 2.26 bits per heavy atom. The molecule has 7 nitrogen and oxygen atoms in total. The van der Waals surface area contributed by atoms with Gasteiger partial charge in [-0.25, -0.2) is 9.59 Å². The Balaban J connectivity index is 2.33. The van der Waals surface area contributed by atoms with E-state index in [1.54, 1.807) is 18.2 Å². The molecule has 0 radical (unpaired) electrons. The molecule has 122 valence electrons. The first-order valence-electron chi connectivity index (χ1n) is 6.96. The van der Waals surface area contributed by atoms with Crippen molar-refractivity contribution in [3.63, 3.8) is 0 Å². The molecule has 1 aliphatic rings. The summed E-state index contributed by atoms with van der Waals surface area (Å²) < 4.78 is 15.0. The molecule has 1 aromatic carbocycles. The molecular formula is C16H16O7. The maximum Gasteiger partial charge on any atom is 0.362 e. The van der Waals surface area contributed by atoms with Crippen molar-refractivity contribution in [1.29, 1.82) is 0 Å². The van der Waals surface area contributed by atoms with Crippen LogP contribution < -0.4 is 0 Å². The van der Waals surface area contributed by atoms with Crippen LogP contribution in [0, 0.1) is 5.92 Å². The van der Waals surface area contributed by atoms with Crippen LogP contribution in [0.25, 0.3) is 0 Å². The minimum absolute atomic E-state index is 0.184. The summed E-state index contributed by atoms with van der Waals surface area (Å²) in [6, 6.07) is 7.93. The zero-order chi connectivity index (χ0) is 17.2. The molecule has 0 aromatic heterocycles. The summed E-state index contributed by atoms with van der Waals surface area (Å²) in [4.78, 5) is 47.6. The van der Waals surface area contributed by atoms with Gasteiger partial charge in [-0.1, -0.05) is 25.1 Å². The maximum absolute atomic E-state index is 12.2. The topological polar surface area (TPSA) is 96.0 Å². The van der Waals surface area contributed by atoms with Crippen LogP contribution in [0.3, 0.4) is 0 Å². The number of esters is 3. The number of carbonyl (C=O) groups excluding carboxylic acids is 4. The Morgan fingerprint density at radius 2 is 1.74 bits per heavy atom. The Hall–Kier alpha value is -2.70. The molecule has 0 N–H and O–H groups in total. The summed E-state index contributed by atoms with van der Waals surface area (Å²) in [6.45, 7) is 3.70. The van der Waals surface area contributed by atoms with Crippen molar-refractivity contribution in [2.75, 3.05) is 0 Å². The van der Waals surface area contributed by atoms with Crippen LogP contribution in [0.5, 0.6) is 0 Å². The molecule has 0 amide bonds. The summed E-state index contributed by atoms with van der Waals surface area (Å²) in [5, 5.41) is 0. The highest BCUT2D eigenvalue weighted by molar-refractivity contribution is 6.10. The van der Waals surface area contributed by atoms with Crippen molar-refractivity contribution >= 4 is 23.7 Å². The lowest BCUT2D eigenvalue weighted by atomic mass is 9.86. The summed E-state index contributed by atoms with van der Waals surface area (Å²) in [7, 11) is 0. The van der Waals surface area contributed by atoms with Gasteiger partial charge in [-0.3, -0.25) is 9.59 Å². The number of Topliss-reactive ketones (excluding diaryl/α,β-unsaturated/α-hetero) is 1. The minimum atomic E-state index is -2.13. The van der Waals surface area contributed by atoms with Crippen molar-refractivity contribution in [2.24, 2.45) is 5.92 Å². The van der Waals surface area contributed by atoms with E-state index in [1.165, 1.54) is 19.1 Å². The van der Waals surface area contributed by atoms with Gasteiger partial charge in [0.05, 0.1) is 11.5 Å². The van der Waals surface area contributed by atoms with Gasteiger partial charge >= 0.3 is 17.9 Å². The fourth-order valence-electron chi connectivity index (χ4n) is 2.41. The van der Waals surface area contributed by atoms with E-state index in [4.69, 9.17) is 14.2 Å². The number of hydrogen-bond acceptors (Lipinski definition) is 7. The first-order chi connectivity index (χ1) is 10.8. The van der Waals surface area contributed by atoms with Gasteiger partial charge in [-0.15, -0.1) is 0 Å². The second kappa shape index (κ2) is 6.20. The van der Waals surface area contributed by atoms with Crippen molar-refractivity contribution < 1.29 is 33.4 Å². The first kappa shape index (κ1) is 16.7. The van der Waals surface area contributed by atoms with Crippen LogP contribution in [0.4, 0.5) is 0 Å². The zero-order valence-electron chi connectivity index (χ0n) is 12.9. The van der Waals surface area contributed by atoms with Crippen LogP contribution in [0.2, 0.25) is 0 Å². The van der Waals surface area contributed by atoms with Gasteiger partial charge < -0.3 is 14.2 Å². The molecule has 0 bridgehead atoms. The quantitative estimate of drug-likeness (QED) is 0.608. The predicted octanol–water partition coefficient (Wildman–Crippen LogP) is 1.25. The van der Waals surface area contributed by atoms with Gasteiger partial charge in [0.15, 0.2) is 5.78 Å². The van der Waals surface area contributed by atoms with Crippen LogP contribution >= 0.6 is 0 Å². The van der Waals surface area contributed by atoms with E-state index in [1.807, 2.05) is 0 Å². The summed E-state index contributed by atoms with van der Waals surface area (Å²) in [6.07, 6.45) is -1.28. The lowest BCUT2D eigenvalue weighted by molar-refractivity contribution is -0.179. The Bertz CT molecular complexity index is 652. The highest BCUT2D eigenvalue weighted by Gasteiger charge is 2.63. The fourth-order valence-corrected chi connectivity index (χ4v) is 2.41. The van der Waals surface area contributed by atoms with Gasteiger partial charge in [0, 0.05) is 6.92 Å². The molecule has 0 saturated carbocycles. The molecule has 23 heavy (non-hydrogen) atoms. The van der Waals surface area contributed by atoms with Gasteiger partial charge in [-0.2, -0.15) is 0 Å². The first-order valence-corrected chi connectivity index (χ1v) is 6.96. The number of rotatable bonds is 4. The zero-order valence-corrected chi connectivity index (χ0v) is 12.9. The summed E-state index contributed by atoms with van der Waals surface area (Å²) >= 11 is 0. The van der Waals surface area contributed by atoms with Crippen molar-refractivity contribution in [3.8, 4) is 0 Å². The van der Waals surface area contributed by atoms with Crippen molar-refractivity contribution in [2.45, 2.75) is 32.7 Å². The third-order valence-electron chi connectivity index (χ3n) is 3.64. The molecule has 3 atom stereocenters. The van der Waals surface area contributed by atoms with Crippen molar-refractivity contribution in [3.05, 3.63) is 35.9 Å². The van der Waals surface area contributed by atoms with E-state index in [-0.39, 0.29) is 5.56 Å². The number of cyclic esters (lactones) is 1. The van der Waals surface area contributed by atoms with Gasteiger partial charge in [-0.05, 0) is 19.1 Å². The normalized spacial score (nSPS) is 26.3. The lowest BCUT2D eigenvalue weighted by Crippen LogP contribution is -2.51. The smallest absolute Gasteiger partial charge is 0.362 e. The Kier molecular flexibility index (Phi) is 4.49. The second-order valence-corrected chi connectivity index (χ2v) is 5.22. The van der Waals surface area contributed by atoms with Crippen LogP contribution in [0.1, 0.15) is 31.1 Å². The number of ether oxygens (including phenoxy) is 3. The monoisotopic (exact) mass is 320 g/mol. The molecule has 1 aromatic rings. The molecule has 2 rings (SSSR count). The summed E-state index contributed by atoms with van der Waals surface area (Å²) in [5.41, 5.74) is -1.95. The molecule has 1 fully saturated rings. The van der Waals surface area contributed by atoms with Crippen LogP contribution in [-0.2, 0) is 28.6 Å². The molecule has 0 unspecified atom stereocenters. The fraction of sp³-hybridized carbons (Fsp3) is 0.375. The van der Waals surface area contributed by atoms with Crippen LogP contribution in [0.15, 0.2) is 30.3 Å². The average molecular weight is 320 g/mol. The standard InChI is InChI=1S/C16H16O7/c1-9-14(21-11(3)18)22-15(20)16(9,10(2)17)23-13(19)12-7-5-4-6-8-12/h4-9,14H,1-3H3/t9-,14-,16-/m1/s1. The van der Waals surface area contributed by atoms with E-state index in [0.717, 1.165) is 13.8 Å². The summed E-state index contributed by atoms with van der Waals surface area (Å²) in [5.74, 6) is -4.23. The predicted molar refractivity (Wildman–Crippen MR) is 76.1 cm³/mol. The Labute approximate surface area is 132 Å². The molecule has 0 spiro atoms. The highest BCUT2D eigenvalue weighted by atomic mass is 16.7. The number of hydrogen-bond donors (Lipinski definition) is 0. The lowest BCUT2D eigenvalue weighted by Gasteiger charge is -2.26. The van der Waals surface area contributed by atoms with E-state index >= 15 is 0 Å². The highest BCUT2D eigenvalue weighted by Crippen LogP contribution is 2.37. The van der Waals surface area contributed by atoms with Gasteiger partial charge in [0.2, 0.25) is 0 Å². The number of benzene rings is 1. The molecule has 0 aliphatic carbocycles. The Morgan fingerprint density at radius 1 is 1.13 bits per heavy atom. The van der Waals surface area contributed by atoms with E-state index < -0.39 is 41.5 Å². The molecular weight excluding hydrogens is 304 g/mol. The molecule has 7 heteroatoms. The largest absolute Gasteiger partial charge is 0.435 e. The number of carbonyl (C=O) groups is 4. The SMILES string of the molecule is CC(=O)O[C@@H]1OC(=O)[C@](OC(=O)c2ccccc2)(C(C)=O)[C@@H]1C. The van der Waals surface area contributed by atoms with E-state index in [0.29, 0.717) is 0 Å². The third kappa shape index (κ3) is 2.94. The van der Waals surface area contributed by atoms with Gasteiger partial charge in [0.25, 0.3) is 11.9 Å². The van der Waals surface area contributed by atoms with Gasteiger partial charge in [0.1, 0.15) is 0 Å². The third-order valence-corrected chi connectivity index (χ3v) is 3.64. The molecule has 1 aliphatic heterocycles. The average Bonchev–Trinajstić information content (AvgIpc) is 2.72.